The van der Waals surface area contributed by atoms with Crippen LogP contribution >= 0.6 is 0 Å². The van der Waals surface area contributed by atoms with E-state index >= 15 is 0 Å². The molecule has 0 saturated carbocycles. The first kappa shape index (κ1) is 16.3. The van der Waals surface area contributed by atoms with Gasteiger partial charge in [-0.3, -0.25) is 9.59 Å². The summed E-state index contributed by atoms with van der Waals surface area (Å²) in [7, 11) is 0. The highest BCUT2D eigenvalue weighted by Gasteiger charge is 2.45. The van der Waals surface area contributed by atoms with Crippen LogP contribution in [0.3, 0.4) is 0 Å². The second-order valence-corrected chi connectivity index (χ2v) is 7.56. The van der Waals surface area contributed by atoms with Crippen molar-refractivity contribution in [1.82, 2.24) is 9.80 Å². The number of hydrogen-bond acceptors (Lipinski definition) is 2. The zero-order valence-electron chi connectivity index (χ0n) is 14.0. The van der Waals surface area contributed by atoms with Crippen molar-refractivity contribution in [2.75, 3.05) is 26.2 Å². The maximum atomic E-state index is 12.4. The summed E-state index contributed by atoms with van der Waals surface area (Å²) in [4.78, 5) is 28.6. The molecule has 0 N–H and O–H groups in total. The van der Waals surface area contributed by atoms with Crippen LogP contribution < -0.4 is 0 Å². The molecule has 2 fully saturated rings. The Kier molecular flexibility index (Phi) is 5.28. The van der Waals surface area contributed by atoms with Crippen molar-refractivity contribution in [2.45, 2.75) is 47.0 Å². The Hall–Kier alpha value is -1.06. The van der Waals surface area contributed by atoms with Crippen LogP contribution in [0.25, 0.3) is 0 Å². The van der Waals surface area contributed by atoms with Crippen molar-refractivity contribution in [1.29, 1.82) is 0 Å². The lowest BCUT2D eigenvalue weighted by atomic mass is 9.87. The summed E-state index contributed by atoms with van der Waals surface area (Å²) in [6.07, 6.45) is 2.53. The lowest BCUT2D eigenvalue weighted by Crippen LogP contribution is -2.45. The Bertz CT molecular complexity index is 382. The third-order valence-corrected chi connectivity index (χ3v) is 4.81. The third kappa shape index (κ3) is 3.98. The molecule has 2 aliphatic heterocycles. The van der Waals surface area contributed by atoms with E-state index < -0.39 is 0 Å². The van der Waals surface area contributed by atoms with E-state index in [4.69, 9.17) is 0 Å². The Morgan fingerprint density at radius 2 is 1.48 bits per heavy atom. The number of hydrogen-bond donors (Lipinski definition) is 0. The van der Waals surface area contributed by atoms with E-state index in [1.54, 1.807) is 0 Å². The van der Waals surface area contributed by atoms with E-state index in [9.17, 15) is 9.59 Å². The predicted octanol–water partition coefficient (Wildman–Crippen LogP) is 2.39. The minimum atomic E-state index is -0.0417. The van der Waals surface area contributed by atoms with E-state index in [1.807, 2.05) is 9.80 Å². The molecule has 0 radical (unpaired) electrons. The molecule has 0 aliphatic carbocycles. The lowest BCUT2D eigenvalue weighted by molar-refractivity contribution is -0.142. The van der Waals surface area contributed by atoms with Gasteiger partial charge in [-0.1, -0.05) is 27.7 Å². The van der Waals surface area contributed by atoms with Crippen LogP contribution in [0.5, 0.6) is 0 Å². The third-order valence-electron chi connectivity index (χ3n) is 4.81. The summed E-state index contributed by atoms with van der Waals surface area (Å²) in [5, 5.41) is 0. The summed E-state index contributed by atoms with van der Waals surface area (Å²) in [5.41, 5.74) is 0. The summed E-state index contributed by atoms with van der Waals surface area (Å²) >= 11 is 0. The summed E-state index contributed by atoms with van der Waals surface area (Å²) < 4.78 is 0. The Labute approximate surface area is 128 Å². The summed E-state index contributed by atoms with van der Waals surface area (Å²) in [5.74, 6) is 1.94. The van der Waals surface area contributed by atoms with Gasteiger partial charge < -0.3 is 9.80 Å². The first-order chi connectivity index (χ1) is 9.88. The van der Waals surface area contributed by atoms with Gasteiger partial charge in [-0.2, -0.15) is 0 Å². The molecule has 0 unspecified atom stereocenters. The number of nitrogens with zero attached hydrogens (tertiary/aromatic N) is 2. The van der Waals surface area contributed by atoms with Crippen LogP contribution in [0.4, 0.5) is 0 Å². The van der Waals surface area contributed by atoms with Crippen molar-refractivity contribution >= 4 is 11.8 Å². The zero-order valence-corrected chi connectivity index (χ0v) is 14.0. The predicted molar refractivity (Wildman–Crippen MR) is 83.7 cm³/mol. The van der Waals surface area contributed by atoms with Crippen LogP contribution in [0.1, 0.15) is 47.0 Å². The van der Waals surface area contributed by atoms with Gasteiger partial charge >= 0.3 is 0 Å². The number of carbonyl (C=O) groups excluding carboxylic acids is 2. The number of rotatable bonds is 6. The topological polar surface area (TPSA) is 40.6 Å². The van der Waals surface area contributed by atoms with Crippen LogP contribution in [-0.4, -0.2) is 47.8 Å². The maximum absolute atomic E-state index is 12.4. The van der Waals surface area contributed by atoms with Crippen LogP contribution in [0.2, 0.25) is 0 Å². The van der Waals surface area contributed by atoms with Crippen molar-refractivity contribution < 1.29 is 9.59 Å². The molecule has 21 heavy (non-hydrogen) atoms. The minimum absolute atomic E-state index is 0.0417. The standard InChI is InChI=1S/C17H30N2O2/c1-12(2)5-7-18-10-14-11-19(8-6-13(3)4)17(21)15(14)9-16(18)20/h12-15H,5-11H2,1-4H3/t14-,15-/m0/s1. The molecule has 2 aliphatic rings. The number of piperidine rings is 1. The zero-order chi connectivity index (χ0) is 15.6. The van der Waals surface area contributed by atoms with Gasteiger partial charge in [0.15, 0.2) is 0 Å². The number of amides is 2. The lowest BCUT2D eigenvalue weighted by Gasteiger charge is -2.33. The quantitative estimate of drug-likeness (QED) is 0.754. The van der Waals surface area contributed by atoms with Crippen molar-refractivity contribution in [3.63, 3.8) is 0 Å². The fourth-order valence-electron chi connectivity index (χ4n) is 3.32. The second kappa shape index (κ2) is 6.80. The Balaban J connectivity index is 1.92. The average molecular weight is 294 g/mol. The van der Waals surface area contributed by atoms with E-state index in [-0.39, 0.29) is 17.7 Å². The largest absolute Gasteiger partial charge is 0.342 e. The molecule has 0 spiro atoms. The molecule has 0 aromatic rings. The molecule has 120 valence electrons. The second-order valence-electron chi connectivity index (χ2n) is 7.56. The van der Waals surface area contributed by atoms with E-state index in [1.165, 1.54) is 0 Å². The van der Waals surface area contributed by atoms with Crippen LogP contribution in [0.15, 0.2) is 0 Å². The molecule has 2 amide bonds. The van der Waals surface area contributed by atoms with Gasteiger partial charge in [-0.25, -0.2) is 0 Å². The van der Waals surface area contributed by atoms with Crippen LogP contribution in [0, 0.1) is 23.7 Å². The minimum Gasteiger partial charge on any atom is -0.342 e. The van der Waals surface area contributed by atoms with E-state index in [2.05, 4.69) is 27.7 Å². The molecule has 2 saturated heterocycles. The number of fused-ring (bicyclic) bond motifs is 1. The summed E-state index contributed by atoms with van der Waals surface area (Å²) in [6.45, 7) is 12.1. The SMILES string of the molecule is CC(C)CCN1C[C@H]2CN(CCC(C)C)C(=O)[C@H]2CC1=O. The number of carbonyl (C=O) groups is 2. The monoisotopic (exact) mass is 294 g/mol. The van der Waals surface area contributed by atoms with Crippen LogP contribution in [-0.2, 0) is 9.59 Å². The highest BCUT2D eigenvalue weighted by molar-refractivity contribution is 5.89. The molecule has 4 heteroatoms. The Morgan fingerprint density at radius 3 is 2.05 bits per heavy atom. The molecule has 4 nitrogen and oxygen atoms in total. The van der Waals surface area contributed by atoms with Gasteiger partial charge in [0, 0.05) is 38.5 Å². The van der Waals surface area contributed by atoms with Gasteiger partial charge in [0.2, 0.25) is 11.8 Å². The fourth-order valence-corrected chi connectivity index (χ4v) is 3.32. The molecule has 0 aromatic heterocycles. The molecule has 2 atom stereocenters. The molecule has 2 heterocycles. The Morgan fingerprint density at radius 1 is 0.952 bits per heavy atom. The molecule has 0 aromatic carbocycles. The van der Waals surface area contributed by atoms with E-state index in [0.29, 0.717) is 24.2 Å². The normalized spacial score (nSPS) is 26.2. The molecule has 0 bridgehead atoms. The van der Waals surface area contributed by atoms with Gasteiger partial charge in [0.25, 0.3) is 0 Å². The van der Waals surface area contributed by atoms with Crippen molar-refractivity contribution in [3.8, 4) is 0 Å². The van der Waals surface area contributed by atoms with Gasteiger partial charge in [0.1, 0.15) is 0 Å². The highest BCUT2D eigenvalue weighted by Crippen LogP contribution is 2.33. The smallest absolute Gasteiger partial charge is 0.226 e. The maximum Gasteiger partial charge on any atom is 0.226 e. The van der Waals surface area contributed by atoms with Crippen molar-refractivity contribution in [3.05, 3.63) is 0 Å². The average Bonchev–Trinajstić information content (AvgIpc) is 2.70. The summed E-state index contributed by atoms with van der Waals surface area (Å²) in [6, 6.07) is 0. The fraction of sp³-hybridized carbons (Fsp3) is 0.882. The number of likely N-dealkylation sites (tertiary alicyclic amines) is 2. The molecular weight excluding hydrogens is 264 g/mol. The van der Waals surface area contributed by atoms with Gasteiger partial charge in [-0.15, -0.1) is 0 Å². The van der Waals surface area contributed by atoms with E-state index in [0.717, 1.165) is 39.0 Å². The van der Waals surface area contributed by atoms with Gasteiger partial charge in [-0.05, 0) is 24.7 Å². The molecule has 2 rings (SSSR count). The van der Waals surface area contributed by atoms with Gasteiger partial charge in [0.05, 0.1) is 5.92 Å². The van der Waals surface area contributed by atoms with Crippen molar-refractivity contribution in [2.24, 2.45) is 23.7 Å². The molecular formula is C17H30N2O2. The first-order valence-corrected chi connectivity index (χ1v) is 8.45. The highest BCUT2D eigenvalue weighted by atomic mass is 16.2. The first-order valence-electron chi connectivity index (χ1n) is 8.45.